The van der Waals surface area contributed by atoms with Gasteiger partial charge in [0.05, 0.1) is 11.4 Å². The second kappa shape index (κ2) is 9.25. The Balaban J connectivity index is 1.63. The molecule has 3 amide bonds. The quantitative estimate of drug-likeness (QED) is 0.718. The van der Waals surface area contributed by atoms with E-state index in [0.29, 0.717) is 17.1 Å². The molecule has 8 nitrogen and oxygen atoms in total. The molecule has 0 bridgehead atoms. The fourth-order valence-electron chi connectivity index (χ4n) is 3.14. The van der Waals surface area contributed by atoms with E-state index in [4.69, 9.17) is 9.47 Å². The molecular formula is C23H26FN3O5. The molecule has 1 heterocycles. The van der Waals surface area contributed by atoms with Crippen LogP contribution in [0.3, 0.4) is 0 Å². The van der Waals surface area contributed by atoms with Crippen molar-refractivity contribution in [2.24, 2.45) is 0 Å². The molecule has 0 fully saturated rings. The van der Waals surface area contributed by atoms with Crippen molar-refractivity contribution in [3.8, 4) is 5.75 Å². The van der Waals surface area contributed by atoms with Crippen molar-refractivity contribution < 1.29 is 28.2 Å². The van der Waals surface area contributed by atoms with Crippen molar-refractivity contribution in [2.75, 3.05) is 22.1 Å². The molecule has 9 heteroatoms. The minimum atomic E-state index is -0.807. The van der Waals surface area contributed by atoms with Crippen LogP contribution in [-0.2, 0) is 14.3 Å². The number of nitrogens with zero attached hydrogens (tertiary/aromatic N) is 1. The van der Waals surface area contributed by atoms with Gasteiger partial charge in [0.1, 0.15) is 17.2 Å². The fourth-order valence-corrected chi connectivity index (χ4v) is 3.14. The number of carbonyl (C=O) groups excluding carboxylic acids is 3. The molecule has 1 unspecified atom stereocenters. The van der Waals surface area contributed by atoms with Crippen molar-refractivity contribution in [1.82, 2.24) is 0 Å². The van der Waals surface area contributed by atoms with Crippen LogP contribution in [0.5, 0.6) is 5.75 Å². The average molecular weight is 443 g/mol. The van der Waals surface area contributed by atoms with Gasteiger partial charge >= 0.3 is 6.09 Å². The summed E-state index contributed by atoms with van der Waals surface area (Å²) in [5.41, 5.74) is 0.0427. The largest absolute Gasteiger partial charge is 0.479 e. The van der Waals surface area contributed by atoms with Crippen LogP contribution in [0, 0.1) is 5.82 Å². The van der Waals surface area contributed by atoms with E-state index < -0.39 is 23.6 Å². The molecule has 2 N–H and O–H groups in total. The summed E-state index contributed by atoms with van der Waals surface area (Å²) in [6, 6.07) is 10.9. The Morgan fingerprint density at radius 2 is 1.88 bits per heavy atom. The number of hydrogen-bond donors (Lipinski definition) is 2. The Morgan fingerprint density at radius 1 is 1.16 bits per heavy atom. The smallest absolute Gasteiger partial charge is 0.412 e. The van der Waals surface area contributed by atoms with Gasteiger partial charge in [-0.15, -0.1) is 0 Å². The maximum Gasteiger partial charge on any atom is 0.412 e. The highest BCUT2D eigenvalue weighted by Gasteiger charge is 2.31. The van der Waals surface area contributed by atoms with Crippen LogP contribution in [0.1, 0.15) is 34.1 Å². The van der Waals surface area contributed by atoms with E-state index in [0.717, 1.165) is 6.07 Å². The molecule has 0 spiro atoms. The molecule has 0 aliphatic carbocycles. The summed E-state index contributed by atoms with van der Waals surface area (Å²) in [6.07, 6.45) is -1.44. The molecular weight excluding hydrogens is 417 g/mol. The van der Waals surface area contributed by atoms with Crippen molar-refractivity contribution >= 4 is 35.0 Å². The van der Waals surface area contributed by atoms with Gasteiger partial charge in [0.2, 0.25) is 5.91 Å². The molecule has 1 atom stereocenters. The van der Waals surface area contributed by atoms with Gasteiger partial charge in [0, 0.05) is 18.7 Å². The maximum atomic E-state index is 14.1. The van der Waals surface area contributed by atoms with Gasteiger partial charge < -0.3 is 19.7 Å². The van der Waals surface area contributed by atoms with Crippen LogP contribution >= 0.6 is 0 Å². The third-order valence-electron chi connectivity index (χ3n) is 4.52. The van der Waals surface area contributed by atoms with Crippen LogP contribution in [0.2, 0.25) is 0 Å². The number of fused-ring (bicyclic) bond motifs is 1. The summed E-state index contributed by atoms with van der Waals surface area (Å²) in [5.74, 6) is -0.693. The summed E-state index contributed by atoms with van der Waals surface area (Å²) < 4.78 is 24.8. The number of anilines is 3. The minimum Gasteiger partial charge on any atom is -0.479 e. The van der Waals surface area contributed by atoms with Gasteiger partial charge in [0.25, 0.3) is 5.91 Å². The molecule has 1 aliphatic rings. The lowest BCUT2D eigenvalue weighted by Crippen LogP contribution is -2.45. The lowest BCUT2D eigenvalue weighted by Gasteiger charge is -2.32. The van der Waals surface area contributed by atoms with Crippen molar-refractivity contribution in [1.29, 1.82) is 0 Å². The van der Waals surface area contributed by atoms with Crippen molar-refractivity contribution in [2.45, 2.75) is 45.8 Å². The first-order valence-electron chi connectivity index (χ1n) is 10.2. The zero-order chi connectivity index (χ0) is 23.5. The summed E-state index contributed by atoms with van der Waals surface area (Å²) in [6.45, 7) is 6.89. The number of hydrogen-bond acceptors (Lipinski definition) is 5. The van der Waals surface area contributed by atoms with Gasteiger partial charge in [-0.25, -0.2) is 9.18 Å². The van der Waals surface area contributed by atoms with E-state index in [1.54, 1.807) is 45.9 Å². The summed E-state index contributed by atoms with van der Waals surface area (Å²) in [7, 11) is 0. The monoisotopic (exact) mass is 443 g/mol. The standard InChI is InChI=1S/C23H26FN3O5/c1-14-21(29)27(18-7-5-6-8-19(18)31-14)12-11-20(28)25-15-9-10-16(24)17(13-15)26-22(30)32-23(2,3)4/h5-10,13-14H,11-12H2,1-4H3,(H,25,28)(H,26,30). The van der Waals surface area contributed by atoms with E-state index in [1.165, 1.54) is 17.0 Å². The van der Waals surface area contributed by atoms with Crippen LogP contribution in [0.25, 0.3) is 0 Å². The topological polar surface area (TPSA) is 97.0 Å². The number of nitrogens with one attached hydrogen (secondary N) is 2. The lowest BCUT2D eigenvalue weighted by atomic mass is 10.1. The average Bonchev–Trinajstić information content (AvgIpc) is 2.69. The molecule has 2 aromatic rings. The molecule has 2 aromatic carbocycles. The first-order chi connectivity index (χ1) is 15.0. The third kappa shape index (κ3) is 5.75. The Bertz CT molecular complexity index is 1030. The second-order valence-corrected chi connectivity index (χ2v) is 8.34. The van der Waals surface area contributed by atoms with Gasteiger partial charge in [-0.3, -0.25) is 14.9 Å². The number of ether oxygens (including phenoxy) is 2. The first-order valence-corrected chi connectivity index (χ1v) is 10.2. The third-order valence-corrected chi connectivity index (χ3v) is 4.52. The highest BCUT2D eigenvalue weighted by atomic mass is 19.1. The van der Waals surface area contributed by atoms with E-state index in [9.17, 15) is 18.8 Å². The highest BCUT2D eigenvalue weighted by Crippen LogP contribution is 2.33. The zero-order valence-corrected chi connectivity index (χ0v) is 18.4. The molecule has 1 aliphatic heterocycles. The number of benzene rings is 2. The SMILES string of the molecule is CC1Oc2ccccc2N(CCC(=O)Nc2ccc(F)c(NC(=O)OC(C)(C)C)c2)C1=O. The summed E-state index contributed by atoms with van der Waals surface area (Å²) >= 11 is 0. The van der Waals surface area contributed by atoms with Crippen LogP contribution in [-0.4, -0.2) is 36.2 Å². The Hall–Kier alpha value is -3.62. The predicted octanol–water partition coefficient (Wildman–Crippen LogP) is 4.32. The van der Waals surface area contributed by atoms with Gasteiger partial charge in [-0.2, -0.15) is 0 Å². The Morgan fingerprint density at radius 3 is 2.59 bits per heavy atom. The van der Waals surface area contributed by atoms with E-state index in [1.807, 2.05) is 6.07 Å². The second-order valence-electron chi connectivity index (χ2n) is 8.34. The molecule has 0 radical (unpaired) electrons. The molecule has 3 rings (SSSR count). The van der Waals surface area contributed by atoms with E-state index >= 15 is 0 Å². The summed E-state index contributed by atoms with van der Waals surface area (Å²) in [5, 5.41) is 4.99. The Labute approximate surface area is 185 Å². The fraction of sp³-hybridized carbons (Fsp3) is 0.348. The number of para-hydroxylation sites is 2. The van der Waals surface area contributed by atoms with Gasteiger partial charge in [0.15, 0.2) is 6.10 Å². The van der Waals surface area contributed by atoms with Crippen LogP contribution < -0.4 is 20.3 Å². The minimum absolute atomic E-state index is 0.0129. The number of halogens is 1. The first kappa shape index (κ1) is 23.1. The lowest BCUT2D eigenvalue weighted by molar-refractivity contribution is -0.125. The summed E-state index contributed by atoms with van der Waals surface area (Å²) in [4.78, 5) is 38.4. The maximum absolute atomic E-state index is 14.1. The van der Waals surface area contributed by atoms with Gasteiger partial charge in [-0.1, -0.05) is 12.1 Å². The molecule has 32 heavy (non-hydrogen) atoms. The van der Waals surface area contributed by atoms with Gasteiger partial charge in [-0.05, 0) is 58.0 Å². The number of carbonyl (C=O) groups is 3. The van der Waals surface area contributed by atoms with Crippen molar-refractivity contribution in [3.63, 3.8) is 0 Å². The highest BCUT2D eigenvalue weighted by molar-refractivity contribution is 6.01. The molecule has 0 aromatic heterocycles. The molecule has 170 valence electrons. The van der Waals surface area contributed by atoms with E-state index in [2.05, 4.69) is 10.6 Å². The number of rotatable bonds is 5. The van der Waals surface area contributed by atoms with E-state index in [-0.39, 0.29) is 30.5 Å². The normalized spacial score (nSPS) is 15.5. The number of amides is 3. The molecule has 0 saturated carbocycles. The zero-order valence-electron chi connectivity index (χ0n) is 18.4. The van der Waals surface area contributed by atoms with Crippen LogP contribution in [0.15, 0.2) is 42.5 Å². The van der Waals surface area contributed by atoms with Crippen LogP contribution in [0.4, 0.5) is 26.2 Å². The molecule has 0 saturated heterocycles. The van der Waals surface area contributed by atoms with Crippen molar-refractivity contribution in [3.05, 3.63) is 48.3 Å². The predicted molar refractivity (Wildman–Crippen MR) is 118 cm³/mol. The Kier molecular flexibility index (Phi) is 6.67.